The number of halogens is 1. The molecule has 0 atom stereocenters. The third-order valence-electron chi connectivity index (χ3n) is 5.81. The maximum Gasteiger partial charge on any atom is 0.214 e. The summed E-state index contributed by atoms with van der Waals surface area (Å²) >= 11 is 0. The normalized spacial score (nSPS) is 13.4. The van der Waals surface area contributed by atoms with Crippen molar-refractivity contribution in [2.75, 3.05) is 5.73 Å². The minimum Gasteiger partial charge on any atom is -1.00 e. The summed E-state index contributed by atoms with van der Waals surface area (Å²) in [5, 5.41) is 1.25. The van der Waals surface area contributed by atoms with Crippen molar-refractivity contribution in [3.05, 3.63) is 35.5 Å². The van der Waals surface area contributed by atoms with Crippen LogP contribution >= 0.6 is 0 Å². The SMILES string of the molecule is CCCCCCCCCC[n+]1c2c(c(N)c3ccccc31)CCCC2.[Br-]. The number of rotatable bonds is 9. The smallest absolute Gasteiger partial charge is 0.214 e. The Bertz CT molecular complexity index is 696. The molecular formula is C23H35BrN2. The Morgan fingerprint density at radius 3 is 2.31 bits per heavy atom. The first-order valence-electron chi connectivity index (χ1n) is 10.5. The lowest BCUT2D eigenvalue weighted by atomic mass is 9.92. The van der Waals surface area contributed by atoms with E-state index in [1.807, 2.05) is 0 Å². The summed E-state index contributed by atoms with van der Waals surface area (Å²) in [7, 11) is 0. The Morgan fingerprint density at radius 2 is 1.54 bits per heavy atom. The second-order valence-electron chi connectivity index (χ2n) is 7.69. The largest absolute Gasteiger partial charge is 1.00 e. The Balaban J connectivity index is 0.00000243. The van der Waals surface area contributed by atoms with Crippen LogP contribution < -0.4 is 27.3 Å². The first kappa shape index (κ1) is 21.2. The molecule has 3 heteroatoms. The minimum absolute atomic E-state index is 0. The second-order valence-corrected chi connectivity index (χ2v) is 7.69. The van der Waals surface area contributed by atoms with Crippen LogP contribution in [0, 0.1) is 0 Å². The van der Waals surface area contributed by atoms with Gasteiger partial charge in [-0.15, -0.1) is 0 Å². The minimum atomic E-state index is 0. The highest BCUT2D eigenvalue weighted by Crippen LogP contribution is 2.30. The van der Waals surface area contributed by atoms with Crippen molar-refractivity contribution in [3.63, 3.8) is 0 Å². The average Bonchev–Trinajstić information content (AvgIpc) is 2.66. The maximum atomic E-state index is 6.53. The first-order valence-corrected chi connectivity index (χ1v) is 10.5. The average molecular weight is 419 g/mol. The topological polar surface area (TPSA) is 29.9 Å². The van der Waals surface area contributed by atoms with Gasteiger partial charge in [-0.25, -0.2) is 0 Å². The van der Waals surface area contributed by atoms with E-state index >= 15 is 0 Å². The van der Waals surface area contributed by atoms with Gasteiger partial charge < -0.3 is 22.7 Å². The van der Waals surface area contributed by atoms with Crippen molar-refractivity contribution < 1.29 is 21.5 Å². The van der Waals surface area contributed by atoms with Crippen LogP contribution in [0.4, 0.5) is 5.69 Å². The molecule has 0 saturated carbocycles. The Kier molecular flexibility index (Phi) is 8.90. The van der Waals surface area contributed by atoms with E-state index < -0.39 is 0 Å². The molecule has 1 heterocycles. The molecule has 0 spiro atoms. The molecular weight excluding hydrogens is 384 g/mol. The van der Waals surface area contributed by atoms with Crippen LogP contribution in [-0.4, -0.2) is 0 Å². The number of unbranched alkanes of at least 4 members (excludes halogenated alkanes) is 7. The number of fused-ring (bicyclic) bond motifs is 2. The Hall–Kier alpha value is -1.09. The Labute approximate surface area is 169 Å². The highest BCUT2D eigenvalue weighted by atomic mass is 79.9. The van der Waals surface area contributed by atoms with E-state index in [1.54, 1.807) is 0 Å². The van der Waals surface area contributed by atoms with Gasteiger partial charge >= 0.3 is 0 Å². The number of hydrogen-bond donors (Lipinski definition) is 1. The Morgan fingerprint density at radius 1 is 0.885 bits per heavy atom. The molecule has 2 N–H and O–H groups in total. The quantitative estimate of drug-likeness (QED) is 0.492. The van der Waals surface area contributed by atoms with Crippen LogP contribution in [0.3, 0.4) is 0 Å². The van der Waals surface area contributed by atoms with E-state index in [1.165, 1.54) is 92.8 Å². The number of benzene rings is 1. The number of hydrogen-bond acceptors (Lipinski definition) is 1. The number of aryl methyl sites for hydroxylation is 1. The van der Waals surface area contributed by atoms with Crippen molar-refractivity contribution in [1.82, 2.24) is 0 Å². The zero-order valence-corrected chi connectivity index (χ0v) is 18.0. The molecule has 1 aromatic heterocycles. The highest BCUT2D eigenvalue weighted by Gasteiger charge is 2.26. The molecule has 2 aromatic rings. The maximum absolute atomic E-state index is 6.53. The van der Waals surface area contributed by atoms with E-state index in [0.717, 1.165) is 18.7 Å². The van der Waals surface area contributed by atoms with Crippen molar-refractivity contribution >= 4 is 16.6 Å². The molecule has 0 fully saturated rings. The van der Waals surface area contributed by atoms with Crippen molar-refractivity contribution in [2.45, 2.75) is 90.5 Å². The van der Waals surface area contributed by atoms with Crippen LogP contribution in [0.5, 0.6) is 0 Å². The molecule has 2 nitrogen and oxygen atoms in total. The fraction of sp³-hybridized carbons (Fsp3) is 0.609. The van der Waals surface area contributed by atoms with Gasteiger partial charge in [-0.2, -0.15) is 4.57 Å². The van der Waals surface area contributed by atoms with Gasteiger partial charge in [-0.05, 0) is 31.7 Å². The molecule has 0 unspecified atom stereocenters. The molecule has 1 aromatic carbocycles. The number of pyridine rings is 1. The summed E-state index contributed by atoms with van der Waals surface area (Å²) in [5.41, 5.74) is 11.9. The number of anilines is 1. The second kappa shape index (κ2) is 10.9. The molecule has 1 aliphatic carbocycles. The molecule has 26 heavy (non-hydrogen) atoms. The number of nitrogen functional groups attached to an aromatic ring is 1. The van der Waals surface area contributed by atoms with Gasteiger partial charge in [-0.1, -0.05) is 57.6 Å². The summed E-state index contributed by atoms with van der Waals surface area (Å²) in [4.78, 5) is 0. The van der Waals surface area contributed by atoms with Gasteiger partial charge in [-0.3, -0.25) is 0 Å². The molecule has 0 bridgehead atoms. The molecule has 0 aliphatic heterocycles. The number of nitrogens with zero attached hydrogens (tertiary/aromatic N) is 1. The molecule has 0 amide bonds. The lowest BCUT2D eigenvalue weighted by molar-refractivity contribution is -0.680. The van der Waals surface area contributed by atoms with E-state index in [0.29, 0.717) is 0 Å². The summed E-state index contributed by atoms with van der Waals surface area (Å²) in [6.07, 6.45) is 16.0. The standard InChI is InChI=1S/C23H34N2.BrH/c1-2-3-4-5-6-7-8-13-18-25-21-16-11-9-14-19(21)23(24)20-15-10-12-17-22(20)25;/h9,11,14,16,24H,2-8,10,12-13,15,17-18H2,1H3;1H. The fourth-order valence-electron chi connectivity index (χ4n) is 4.38. The van der Waals surface area contributed by atoms with E-state index in [9.17, 15) is 0 Å². The molecule has 3 rings (SSSR count). The van der Waals surface area contributed by atoms with Gasteiger partial charge in [0, 0.05) is 24.5 Å². The van der Waals surface area contributed by atoms with Crippen LogP contribution in [0.1, 0.15) is 82.4 Å². The highest BCUT2D eigenvalue weighted by molar-refractivity contribution is 5.89. The van der Waals surface area contributed by atoms with Gasteiger partial charge in [0.1, 0.15) is 6.54 Å². The third-order valence-corrected chi connectivity index (χ3v) is 5.81. The lowest BCUT2D eigenvalue weighted by Crippen LogP contribution is -3.00. The third kappa shape index (κ3) is 5.00. The zero-order chi connectivity index (χ0) is 17.5. The molecule has 144 valence electrons. The van der Waals surface area contributed by atoms with Crippen LogP contribution in [0.15, 0.2) is 24.3 Å². The van der Waals surface area contributed by atoms with E-state index in [2.05, 4.69) is 35.8 Å². The zero-order valence-electron chi connectivity index (χ0n) is 16.4. The van der Waals surface area contributed by atoms with Gasteiger partial charge in [0.15, 0.2) is 5.69 Å². The summed E-state index contributed by atoms with van der Waals surface area (Å²) in [5.74, 6) is 0. The predicted octanol–water partition coefficient (Wildman–Crippen LogP) is 2.73. The summed E-state index contributed by atoms with van der Waals surface area (Å²) in [6.45, 7) is 3.44. The van der Waals surface area contributed by atoms with Crippen LogP contribution in [0.25, 0.3) is 10.9 Å². The van der Waals surface area contributed by atoms with Gasteiger partial charge in [0.2, 0.25) is 5.52 Å². The van der Waals surface area contributed by atoms with Crippen molar-refractivity contribution in [1.29, 1.82) is 0 Å². The monoisotopic (exact) mass is 418 g/mol. The van der Waals surface area contributed by atoms with Crippen molar-refractivity contribution in [2.24, 2.45) is 0 Å². The lowest BCUT2D eigenvalue weighted by Gasteiger charge is -2.18. The van der Waals surface area contributed by atoms with E-state index in [-0.39, 0.29) is 17.0 Å². The van der Waals surface area contributed by atoms with E-state index in [4.69, 9.17) is 5.73 Å². The van der Waals surface area contributed by atoms with Gasteiger partial charge in [0.05, 0.1) is 11.1 Å². The predicted molar refractivity (Wildman–Crippen MR) is 108 cm³/mol. The molecule has 0 radical (unpaired) electrons. The number of aromatic nitrogens is 1. The number of nitrogens with two attached hydrogens (primary N) is 1. The summed E-state index contributed by atoms with van der Waals surface area (Å²) in [6, 6.07) is 8.73. The fourth-order valence-corrected chi connectivity index (χ4v) is 4.38. The molecule has 1 aliphatic rings. The summed E-state index contributed by atoms with van der Waals surface area (Å²) < 4.78 is 2.59. The number of para-hydroxylation sites is 1. The molecule has 0 saturated heterocycles. The van der Waals surface area contributed by atoms with Crippen LogP contribution in [0.2, 0.25) is 0 Å². The first-order chi connectivity index (χ1) is 12.3. The van der Waals surface area contributed by atoms with Gasteiger partial charge in [0.25, 0.3) is 0 Å². The van der Waals surface area contributed by atoms with Crippen LogP contribution in [-0.2, 0) is 19.4 Å². The van der Waals surface area contributed by atoms with Crippen molar-refractivity contribution in [3.8, 4) is 0 Å².